The van der Waals surface area contributed by atoms with Gasteiger partial charge < -0.3 is 10.4 Å². The van der Waals surface area contributed by atoms with Gasteiger partial charge >= 0.3 is 0 Å². The molecular formula is C13H15Cl2NO3S. The van der Waals surface area contributed by atoms with Gasteiger partial charge in [-0.1, -0.05) is 41.4 Å². The predicted octanol–water partition coefficient (Wildman–Crippen LogP) is 2.03. The van der Waals surface area contributed by atoms with Crippen molar-refractivity contribution in [3.8, 4) is 0 Å². The first-order chi connectivity index (χ1) is 9.32. The summed E-state index contributed by atoms with van der Waals surface area (Å²) in [5.74, 6) is -0.144. The number of alkyl halides is 2. The fourth-order valence-electron chi connectivity index (χ4n) is 2.21. The second-order valence-corrected chi connectivity index (χ2v) is 7.84. The Morgan fingerprint density at radius 3 is 2.35 bits per heavy atom. The zero-order valence-electron chi connectivity index (χ0n) is 10.8. The average molecular weight is 336 g/mol. The van der Waals surface area contributed by atoms with E-state index in [2.05, 4.69) is 5.32 Å². The van der Waals surface area contributed by atoms with E-state index in [9.17, 15) is 13.5 Å². The highest BCUT2D eigenvalue weighted by Crippen LogP contribution is 2.33. The van der Waals surface area contributed by atoms with Crippen LogP contribution >= 0.6 is 23.2 Å². The largest absolute Gasteiger partial charge is 0.396 e. The summed E-state index contributed by atoms with van der Waals surface area (Å²) in [7, 11) is -3.21. The topological polar surface area (TPSA) is 66.4 Å². The van der Waals surface area contributed by atoms with Crippen molar-refractivity contribution < 1.29 is 13.5 Å². The predicted molar refractivity (Wildman–Crippen MR) is 79.6 cm³/mol. The van der Waals surface area contributed by atoms with E-state index in [-0.39, 0.29) is 23.5 Å². The van der Waals surface area contributed by atoms with E-state index in [1.807, 2.05) is 0 Å². The van der Waals surface area contributed by atoms with Crippen LogP contribution in [0.4, 0.5) is 0 Å². The molecule has 0 radical (unpaired) electrons. The summed E-state index contributed by atoms with van der Waals surface area (Å²) in [4.78, 5) is -0.412. The highest BCUT2D eigenvalue weighted by atomic mass is 35.5. The summed E-state index contributed by atoms with van der Waals surface area (Å²) < 4.78 is 22.9. The van der Waals surface area contributed by atoms with Gasteiger partial charge in [0.2, 0.25) is 0 Å². The van der Waals surface area contributed by atoms with Crippen molar-refractivity contribution in [2.75, 3.05) is 12.9 Å². The lowest BCUT2D eigenvalue weighted by Gasteiger charge is -2.20. The van der Waals surface area contributed by atoms with Crippen molar-refractivity contribution in [2.45, 2.75) is 15.8 Å². The van der Waals surface area contributed by atoms with Crippen LogP contribution in [-0.4, -0.2) is 31.2 Å². The van der Waals surface area contributed by atoms with Gasteiger partial charge in [0.05, 0.1) is 17.5 Å². The van der Waals surface area contributed by atoms with Crippen LogP contribution in [0.2, 0.25) is 0 Å². The van der Waals surface area contributed by atoms with Crippen LogP contribution in [0.15, 0.2) is 40.9 Å². The Labute approximate surface area is 128 Å². The minimum atomic E-state index is -3.21. The molecule has 0 aromatic heterocycles. The molecule has 1 heterocycles. The van der Waals surface area contributed by atoms with Crippen molar-refractivity contribution in [3.05, 3.63) is 41.6 Å². The number of halogens is 2. The first-order valence-electron chi connectivity index (χ1n) is 6.00. The standard InChI is InChI=1S/C13H15Cl2NO3S/c1-20(18,19)10-4-2-8(3-5-10)12-9(7-17)6-11(16-12)13(14)15/h2-6,9,12-13,16-17H,7H2,1H3/t9-,12-/m0/s1. The number of sulfone groups is 1. The molecule has 2 N–H and O–H groups in total. The molecule has 1 aliphatic heterocycles. The zero-order chi connectivity index (χ0) is 14.9. The van der Waals surface area contributed by atoms with Crippen LogP contribution in [0.1, 0.15) is 11.6 Å². The Morgan fingerprint density at radius 1 is 1.30 bits per heavy atom. The third-order valence-electron chi connectivity index (χ3n) is 3.26. The summed E-state index contributed by atoms with van der Waals surface area (Å²) in [5.41, 5.74) is 1.53. The molecule has 4 nitrogen and oxygen atoms in total. The Balaban J connectivity index is 2.25. The second-order valence-electron chi connectivity index (χ2n) is 4.73. The minimum Gasteiger partial charge on any atom is -0.396 e. The Bertz CT molecular complexity index is 611. The van der Waals surface area contributed by atoms with Gasteiger partial charge in [-0.25, -0.2) is 8.42 Å². The highest BCUT2D eigenvalue weighted by molar-refractivity contribution is 7.90. The van der Waals surface area contributed by atoms with Gasteiger partial charge in [-0.3, -0.25) is 0 Å². The first kappa shape index (κ1) is 15.6. The van der Waals surface area contributed by atoms with Crippen LogP contribution in [0.3, 0.4) is 0 Å². The summed E-state index contributed by atoms with van der Waals surface area (Å²) in [6, 6.07) is 6.40. The Hall–Kier alpha value is -0.750. The number of benzene rings is 1. The van der Waals surface area contributed by atoms with Gasteiger partial charge in [-0.15, -0.1) is 0 Å². The third kappa shape index (κ3) is 3.28. The average Bonchev–Trinajstić information content (AvgIpc) is 2.82. The van der Waals surface area contributed by atoms with Gasteiger partial charge in [0.1, 0.15) is 4.84 Å². The molecule has 1 aromatic carbocycles. The second kappa shape index (κ2) is 5.93. The molecule has 0 unspecified atom stereocenters. The van der Waals surface area contributed by atoms with Crippen LogP contribution in [-0.2, 0) is 9.84 Å². The molecule has 20 heavy (non-hydrogen) atoms. The number of nitrogens with one attached hydrogen (secondary N) is 1. The molecule has 0 spiro atoms. The van der Waals surface area contributed by atoms with Crippen LogP contribution in [0.25, 0.3) is 0 Å². The molecule has 1 aromatic rings. The normalized spacial score (nSPS) is 22.8. The number of hydrogen-bond acceptors (Lipinski definition) is 4. The number of rotatable bonds is 4. The summed E-state index contributed by atoms with van der Waals surface area (Å²) in [5, 5.41) is 12.6. The molecule has 0 aliphatic carbocycles. The minimum absolute atomic E-state index is 0.0461. The van der Waals surface area contributed by atoms with Gasteiger partial charge in [0, 0.05) is 17.9 Å². The zero-order valence-corrected chi connectivity index (χ0v) is 13.1. The maximum absolute atomic E-state index is 11.4. The highest BCUT2D eigenvalue weighted by Gasteiger charge is 2.30. The van der Waals surface area contributed by atoms with Crippen molar-refractivity contribution in [1.29, 1.82) is 0 Å². The van der Waals surface area contributed by atoms with E-state index in [4.69, 9.17) is 23.2 Å². The smallest absolute Gasteiger partial charge is 0.175 e. The summed E-state index contributed by atoms with van der Waals surface area (Å²) in [6.07, 6.45) is 2.97. The van der Waals surface area contributed by atoms with Gasteiger partial charge in [0.25, 0.3) is 0 Å². The molecule has 0 bridgehead atoms. The van der Waals surface area contributed by atoms with Gasteiger partial charge in [-0.05, 0) is 17.7 Å². The van der Waals surface area contributed by atoms with Crippen molar-refractivity contribution in [3.63, 3.8) is 0 Å². The summed E-state index contributed by atoms with van der Waals surface area (Å²) in [6.45, 7) is -0.0461. The maximum Gasteiger partial charge on any atom is 0.175 e. The Morgan fingerprint density at radius 2 is 1.90 bits per heavy atom. The lowest BCUT2D eigenvalue weighted by molar-refractivity contribution is 0.234. The van der Waals surface area contributed by atoms with E-state index >= 15 is 0 Å². The monoisotopic (exact) mass is 335 g/mol. The number of aliphatic hydroxyl groups excluding tert-OH is 1. The molecular weight excluding hydrogens is 321 g/mol. The fraction of sp³-hybridized carbons (Fsp3) is 0.385. The number of allylic oxidation sites excluding steroid dienone is 1. The van der Waals surface area contributed by atoms with Crippen LogP contribution in [0.5, 0.6) is 0 Å². The molecule has 2 rings (SSSR count). The van der Waals surface area contributed by atoms with Crippen LogP contribution < -0.4 is 5.32 Å². The molecule has 1 aliphatic rings. The van der Waals surface area contributed by atoms with Gasteiger partial charge in [0.15, 0.2) is 9.84 Å². The van der Waals surface area contributed by atoms with E-state index in [1.54, 1.807) is 30.3 Å². The Kier molecular flexibility index (Phi) is 4.64. The molecule has 2 atom stereocenters. The SMILES string of the molecule is CS(=O)(=O)c1ccc([C@@H]2NC(C(Cl)Cl)=C[C@H]2CO)cc1. The number of hydrogen-bond donors (Lipinski definition) is 2. The lowest BCUT2D eigenvalue weighted by atomic mass is 9.96. The number of aliphatic hydroxyl groups is 1. The van der Waals surface area contributed by atoms with Gasteiger partial charge in [-0.2, -0.15) is 0 Å². The van der Waals surface area contributed by atoms with Crippen molar-refractivity contribution in [1.82, 2.24) is 5.32 Å². The maximum atomic E-state index is 11.4. The quantitative estimate of drug-likeness (QED) is 0.826. The van der Waals surface area contributed by atoms with Crippen LogP contribution in [0, 0.1) is 5.92 Å². The first-order valence-corrected chi connectivity index (χ1v) is 8.76. The van der Waals surface area contributed by atoms with E-state index in [1.165, 1.54) is 0 Å². The molecule has 0 fully saturated rings. The van der Waals surface area contributed by atoms with Crippen molar-refractivity contribution in [2.24, 2.45) is 5.92 Å². The fourth-order valence-corrected chi connectivity index (χ4v) is 3.11. The molecule has 110 valence electrons. The molecule has 0 amide bonds. The lowest BCUT2D eigenvalue weighted by Crippen LogP contribution is -2.23. The third-order valence-corrected chi connectivity index (χ3v) is 4.86. The molecule has 0 saturated heterocycles. The molecule has 0 saturated carbocycles. The summed E-state index contributed by atoms with van der Waals surface area (Å²) >= 11 is 11.6. The van der Waals surface area contributed by atoms with E-state index < -0.39 is 14.7 Å². The van der Waals surface area contributed by atoms with E-state index in [0.717, 1.165) is 11.8 Å². The van der Waals surface area contributed by atoms with E-state index in [0.29, 0.717) is 5.70 Å². The molecule has 7 heteroatoms. The van der Waals surface area contributed by atoms with Crippen molar-refractivity contribution >= 4 is 33.0 Å².